The molecule has 0 saturated carbocycles. The average molecular weight is 249 g/mol. The van der Waals surface area contributed by atoms with E-state index in [1.54, 1.807) is 6.92 Å². The molecule has 0 unspecified atom stereocenters. The first-order chi connectivity index (χ1) is 8.52. The smallest absolute Gasteiger partial charge is 0.322 e. The van der Waals surface area contributed by atoms with Gasteiger partial charge in [-0.15, -0.1) is 0 Å². The molecule has 0 saturated heterocycles. The van der Waals surface area contributed by atoms with Gasteiger partial charge in [0.05, 0.1) is 7.11 Å². The van der Waals surface area contributed by atoms with E-state index in [4.69, 9.17) is 5.73 Å². The van der Waals surface area contributed by atoms with Gasteiger partial charge in [0.15, 0.2) is 0 Å². The van der Waals surface area contributed by atoms with Crippen LogP contribution in [0.15, 0.2) is 24.3 Å². The molecule has 4 heteroatoms. The molecular formula is C14H19NO3. The van der Waals surface area contributed by atoms with Crippen molar-refractivity contribution in [2.75, 3.05) is 7.11 Å². The molecule has 0 aliphatic rings. The number of benzene rings is 1. The number of aryl methyl sites for hydroxylation is 1. The highest BCUT2D eigenvalue weighted by Gasteiger charge is 2.13. The summed E-state index contributed by atoms with van der Waals surface area (Å²) >= 11 is 0. The van der Waals surface area contributed by atoms with Gasteiger partial charge in [0.25, 0.3) is 0 Å². The Morgan fingerprint density at radius 3 is 2.28 bits per heavy atom. The quantitative estimate of drug-likeness (QED) is 0.770. The summed E-state index contributed by atoms with van der Waals surface area (Å²) in [4.78, 5) is 22.0. The van der Waals surface area contributed by atoms with Gasteiger partial charge in [-0.05, 0) is 30.9 Å². The predicted octanol–water partition coefficient (Wildman–Crippen LogP) is 1.25. The summed E-state index contributed by atoms with van der Waals surface area (Å²) in [6.45, 7) is 1.59. The first kappa shape index (κ1) is 14.4. The van der Waals surface area contributed by atoms with E-state index in [0.29, 0.717) is 12.8 Å². The molecule has 0 aromatic heterocycles. The third kappa shape index (κ3) is 4.67. The number of nitrogens with two attached hydrogens (primary N) is 1. The van der Waals surface area contributed by atoms with Gasteiger partial charge in [-0.1, -0.05) is 24.3 Å². The minimum absolute atomic E-state index is 0.187. The number of methoxy groups -OCH3 is 1. The monoisotopic (exact) mass is 249 g/mol. The van der Waals surface area contributed by atoms with Crippen LogP contribution in [0.2, 0.25) is 0 Å². The predicted molar refractivity (Wildman–Crippen MR) is 69.1 cm³/mol. The maximum Gasteiger partial charge on any atom is 0.322 e. The highest BCUT2D eigenvalue weighted by molar-refractivity contribution is 5.76. The van der Waals surface area contributed by atoms with Crippen molar-refractivity contribution in [2.24, 2.45) is 5.73 Å². The van der Waals surface area contributed by atoms with Crippen molar-refractivity contribution in [3.05, 3.63) is 35.4 Å². The van der Waals surface area contributed by atoms with E-state index in [1.807, 2.05) is 24.3 Å². The largest absolute Gasteiger partial charge is 0.468 e. The van der Waals surface area contributed by atoms with E-state index in [2.05, 4.69) is 4.74 Å². The van der Waals surface area contributed by atoms with Crippen molar-refractivity contribution in [2.45, 2.75) is 32.2 Å². The standard InChI is InChI=1S/C14H19NO3/c1-10(16)3-4-11-5-7-12(8-6-11)9-13(15)14(17)18-2/h5-8,13H,3-4,9,15H2,1-2H3/t13-/m0/s1. The average Bonchev–Trinajstić information content (AvgIpc) is 2.36. The van der Waals surface area contributed by atoms with Crippen LogP contribution in [-0.4, -0.2) is 24.9 Å². The zero-order valence-electron chi connectivity index (χ0n) is 10.8. The third-order valence-electron chi connectivity index (χ3n) is 2.75. The van der Waals surface area contributed by atoms with Crippen molar-refractivity contribution in [1.29, 1.82) is 0 Å². The van der Waals surface area contributed by atoms with E-state index < -0.39 is 12.0 Å². The van der Waals surface area contributed by atoms with Crippen molar-refractivity contribution in [3.8, 4) is 0 Å². The van der Waals surface area contributed by atoms with Crippen molar-refractivity contribution in [1.82, 2.24) is 0 Å². The Bertz CT molecular complexity index is 412. The number of rotatable bonds is 6. The molecule has 0 aliphatic carbocycles. The fourth-order valence-corrected chi connectivity index (χ4v) is 1.65. The van der Waals surface area contributed by atoms with Crippen LogP contribution in [0.3, 0.4) is 0 Å². The summed E-state index contributed by atoms with van der Waals surface area (Å²) < 4.78 is 4.57. The molecule has 0 heterocycles. The highest BCUT2D eigenvalue weighted by Crippen LogP contribution is 2.09. The SMILES string of the molecule is COC(=O)[C@@H](N)Cc1ccc(CCC(C)=O)cc1. The summed E-state index contributed by atoms with van der Waals surface area (Å²) in [6, 6.07) is 7.15. The molecule has 2 N–H and O–H groups in total. The second kappa shape index (κ2) is 6.91. The van der Waals surface area contributed by atoms with Gasteiger partial charge in [0, 0.05) is 6.42 Å². The van der Waals surface area contributed by atoms with Crippen LogP contribution in [0.5, 0.6) is 0 Å². The number of hydrogen-bond donors (Lipinski definition) is 1. The van der Waals surface area contributed by atoms with Crippen molar-refractivity contribution >= 4 is 11.8 Å². The van der Waals surface area contributed by atoms with E-state index in [9.17, 15) is 9.59 Å². The molecule has 0 radical (unpaired) electrons. The molecular weight excluding hydrogens is 230 g/mol. The Balaban J connectivity index is 2.54. The summed E-state index contributed by atoms with van der Waals surface area (Å²) in [5.41, 5.74) is 7.77. The van der Waals surface area contributed by atoms with Crippen LogP contribution < -0.4 is 5.73 Å². The van der Waals surface area contributed by atoms with Crippen LogP contribution in [0, 0.1) is 0 Å². The highest BCUT2D eigenvalue weighted by atomic mass is 16.5. The molecule has 0 spiro atoms. The van der Waals surface area contributed by atoms with Crippen LogP contribution in [-0.2, 0) is 27.2 Å². The number of carbonyl (C=O) groups is 2. The number of ether oxygens (including phenoxy) is 1. The van der Waals surface area contributed by atoms with Gasteiger partial charge in [-0.25, -0.2) is 0 Å². The molecule has 0 aliphatic heterocycles. The molecule has 1 aromatic carbocycles. The third-order valence-corrected chi connectivity index (χ3v) is 2.75. The van der Waals surface area contributed by atoms with Gasteiger partial charge in [-0.2, -0.15) is 0 Å². The molecule has 1 atom stereocenters. The summed E-state index contributed by atoms with van der Waals surface area (Å²) in [5, 5.41) is 0. The minimum atomic E-state index is -0.627. The lowest BCUT2D eigenvalue weighted by Crippen LogP contribution is -2.33. The Labute approximate surface area is 107 Å². The molecule has 98 valence electrons. The maximum atomic E-state index is 11.2. The summed E-state index contributed by atoms with van der Waals surface area (Å²) in [7, 11) is 1.33. The normalized spacial score (nSPS) is 11.9. The molecule has 0 bridgehead atoms. The Kier molecular flexibility index (Phi) is 5.52. The van der Waals surface area contributed by atoms with Crippen LogP contribution in [0.4, 0.5) is 0 Å². The molecule has 0 amide bonds. The lowest BCUT2D eigenvalue weighted by molar-refractivity contribution is -0.142. The molecule has 4 nitrogen and oxygen atoms in total. The summed E-state index contributed by atoms with van der Waals surface area (Å²) in [5.74, 6) is -0.220. The van der Waals surface area contributed by atoms with Gasteiger partial charge in [-0.3, -0.25) is 4.79 Å². The summed E-state index contributed by atoms with van der Waals surface area (Å²) in [6.07, 6.45) is 1.76. The van der Waals surface area contributed by atoms with Crippen LogP contribution >= 0.6 is 0 Å². The number of carbonyl (C=O) groups excluding carboxylic acids is 2. The number of hydrogen-bond acceptors (Lipinski definition) is 4. The molecule has 1 rings (SSSR count). The second-order valence-corrected chi connectivity index (χ2v) is 4.35. The van der Waals surface area contributed by atoms with Crippen LogP contribution in [0.25, 0.3) is 0 Å². The fraction of sp³-hybridized carbons (Fsp3) is 0.429. The molecule has 0 fully saturated rings. The number of Topliss-reactive ketones (excluding diaryl/α,β-unsaturated/α-hetero) is 1. The Hall–Kier alpha value is -1.68. The lowest BCUT2D eigenvalue weighted by Gasteiger charge is -2.09. The molecule has 18 heavy (non-hydrogen) atoms. The zero-order chi connectivity index (χ0) is 13.5. The molecule has 1 aromatic rings. The van der Waals surface area contributed by atoms with Crippen molar-refractivity contribution < 1.29 is 14.3 Å². The Morgan fingerprint density at radius 2 is 1.78 bits per heavy atom. The minimum Gasteiger partial charge on any atom is -0.468 e. The fourth-order valence-electron chi connectivity index (χ4n) is 1.65. The maximum absolute atomic E-state index is 11.2. The number of ketones is 1. The van der Waals surface area contributed by atoms with E-state index in [-0.39, 0.29) is 5.78 Å². The first-order valence-electron chi connectivity index (χ1n) is 5.93. The van der Waals surface area contributed by atoms with Gasteiger partial charge >= 0.3 is 5.97 Å². The van der Waals surface area contributed by atoms with E-state index in [0.717, 1.165) is 17.5 Å². The lowest BCUT2D eigenvalue weighted by atomic mass is 10.0. The van der Waals surface area contributed by atoms with Gasteiger partial charge in [0.2, 0.25) is 0 Å². The number of esters is 1. The first-order valence-corrected chi connectivity index (χ1v) is 5.93. The van der Waals surface area contributed by atoms with E-state index in [1.165, 1.54) is 7.11 Å². The topological polar surface area (TPSA) is 69.4 Å². The van der Waals surface area contributed by atoms with Crippen molar-refractivity contribution in [3.63, 3.8) is 0 Å². The second-order valence-electron chi connectivity index (χ2n) is 4.35. The van der Waals surface area contributed by atoms with Gasteiger partial charge < -0.3 is 15.3 Å². The van der Waals surface area contributed by atoms with Crippen LogP contribution in [0.1, 0.15) is 24.5 Å². The zero-order valence-corrected chi connectivity index (χ0v) is 10.8. The van der Waals surface area contributed by atoms with E-state index >= 15 is 0 Å². The Morgan fingerprint density at radius 1 is 1.22 bits per heavy atom. The van der Waals surface area contributed by atoms with Gasteiger partial charge in [0.1, 0.15) is 11.8 Å².